The van der Waals surface area contributed by atoms with Crippen LogP contribution in [-0.4, -0.2) is 25.1 Å². The summed E-state index contributed by atoms with van der Waals surface area (Å²) in [4.78, 5) is 24.1. The summed E-state index contributed by atoms with van der Waals surface area (Å²) < 4.78 is 16.0. The molecule has 0 unspecified atom stereocenters. The number of furan rings is 1. The van der Waals surface area contributed by atoms with Crippen molar-refractivity contribution in [1.29, 1.82) is 0 Å². The second kappa shape index (κ2) is 8.61. The van der Waals surface area contributed by atoms with Gasteiger partial charge in [0.25, 0.3) is 5.91 Å². The van der Waals surface area contributed by atoms with Crippen LogP contribution < -0.4 is 10.1 Å². The quantitative estimate of drug-likeness (QED) is 0.622. The highest BCUT2D eigenvalue weighted by Crippen LogP contribution is 2.25. The van der Waals surface area contributed by atoms with Gasteiger partial charge in [0.1, 0.15) is 11.3 Å². The summed E-state index contributed by atoms with van der Waals surface area (Å²) in [6.07, 6.45) is 1.61. The fourth-order valence-electron chi connectivity index (χ4n) is 2.82. The monoisotopic (exact) mass is 381 g/mol. The third-order valence-electron chi connectivity index (χ3n) is 4.42. The molecule has 3 rings (SSSR count). The molecular formula is C22H23NO5. The molecule has 1 aromatic heterocycles. The van der Waals surface area contributed by atoms with Crippen molar-refractivity contribution in [3.8, 4) is 5.75 Å². The Morgan fingerprint density at radius 3 is 2.50 bits per heavy atom. The smallest absolute Gasteiger partial charge is 0.310 e. The van der Waals surface area contributed by atoms with Gasteiger partial charge in [0.15, 0.2) is 6.61 Å². The summed E-state index contributed by atoms with van der Waals surface area (Å²) in [6.45, 7) is 6.15. The molecule has 146 valence electrons. The topological polar surface area (TPSA) is 77.8 Å². The van der Waals surface area contributed by atoms with Crippen molar-refractivity contribution in [2.75, 3.05) is 18.5 Å². The first kappa shape index (κ1) is 19.5. The lowest BCUT2D eigenvalue weighted by Crippen LogP contribution is -2.21. The standard InChI is InChI=1S/C22H23NO5/c1-4-26-18-7-5-17(6-8-18)23-21(24)13-28-22(25)11-16-12-27-20-10-15(3)14(2)9-19(16)20/h5-10,12H,4,11,13H2,1-3H3,(H,23,24). The van der Waals surface area contributed by atoms with E-state index >= 15 is 0 Å². The number of hydrogen-bond donors (Lipinski definition) is 1. The number of benzene rings is 2. The van der Waals surface area contributed by atoms with Crippen LogP contribution >= 0.6 is 0 Å². The molecule has 1 amide bonds. The highest BCUT2D eigenvalue weighted by molar-refractivity contribution is 5.93. The lowest BCUT2D eigenvalue weighted by molar-refractivity contribution is -0.146. The maximum absolute atomic E-state index is 12.1. The van der Waals surface area contributed by atoms with Crippen molar-refractivity contribution >= 4 is 28.5 Å². The summed E-state index contributed by atoms with van der Waals surface area (Å²) >= 11 is 0. The van der Waals surface area contributed by atoms with Gasteiger partial charge in [-0.3, -0.25) is 9.59 Å². The summed E-state index contributed by atoms with van der Waals surface area (Å²) in [6, 6.07) is 10.9. The van der Waals surface area contributed by atoms with E-state index in [1.54, 1.807) is 30.5 Å². The maximum atomic E-state index is 12.1. The van der Waals surface area contributed by atoms with Crippen molar-refractivity contribution < 1.29 is 23.5 Å². The molecule has 3 aromatic rings. The molecule has 0 atom stereocenters. The molecule has 28 heavy (non-hydrogen) atoms. The van der Waals surface area contributed by atoms with Crippen LogP contribution in [0, 0.1) is 13.8 Å². The van der Waals surface area contributed by atoms with E-state index in [4.69, 9.17) is 13.9 Å². The summed E-state index contributed by atoms with van der Waals surface area (Å²) in [5, 5.41) is 3.57. The summed E-state index contributed by atoms with van der Waals surface area (Å²) in [5.41, 5.74) is 4.34. The number of ether oxygens (including phenoxy) is 2. The van der Waals surface area contributed by atoms with Gasteiger partial charge in [-0.2, -0.15) is 0 Å². The lowest BCUT2D eigenvalue weighted by Gasteiger charge is -2.08. The lowest BCUT2D eigenvalue weighted by atomic mass is 10.0. The molecule has 6 heteroatoms. The molecule has 0 bridgehead atoms. The fourth-order valence-corrected chi connectivity index (χ4v) is 2.82. The molecule has 1 heterocycles. The summed E-state index contributed by atoms with van der Waals surface area (Å²) in [7, 11) is 0. The molecule has 0 aliphatic carbocycles. The van der Waals surface area contributed by atoms with Crippen molar-refractivity contribution in [3.63, 3.8) is 0 Å². The molecule has 2 aromatic carbocycles. The van der Waals surface area contributed by atoms with Crippen LogP contribution in [0.4, 0.5) is 5.69 Å². The Balaban J connectivity index is 1.52. The first-order chi connectivity index (χ1) is 13.5. The van der Waals surface area contributed by atoms with Crippen LogP contribution in [0.3, 0.4) is 0 Å². The van der Waals surface area contributed by atoms with Gasteiger partial charge in [0, 0.05) is 16.6 Å². The summed E-state index contributed by atoms with van der Waals surface area (Å²) in [5.74, 6) is -0.159. The van der Waals surface area contributed by atoms with Gasteiger partial charge < -0.3 is 19.2 Å². The average molecular weight is 381 g/mol. The normalized spacial score (nSPS) is 10.7. The number of esters is 1. The zero-order chi connectivity index (χ0) is 20.1. The van der Waals surface area contributed by atoms with Crippen LogP contribution in [-0.2, 0) is 20.7 Å². The zero-order valence-corrected chi connectivity index (χ0v) is 16.2. The highest BCUT2D eigenvalue weighted by Gasteiger charge is 2.14. The van der Waals surface area contributed by atoms with Crippen molar-refractivity contribution in [2.45, 2.75) is 27.2 Å². The Bertz CT molecular complexity index is 988. The molecule has 0 aliphatic rings. The molecule has 0 saturated heterocycles. The number of rotatable bonds is 7. The number of carbonyl (C=O) groups excluding carboxylic acids is 2. The number of aryl methyl sites for hydroxylation is 2. The minimum absolute atomic E-state index is 0.0475. The fraction of sp³-hybridized carbons (Fsp3) is 0.273. The predicted octanol–water partition coefficient (Wildman–Crippen LogP) is 4.17. The van der Waals surface area contributed by atoms with E-state index in [-0.39, 0.29) is 13.0 Å². The van der Waals surface area contributed by atoms with E-state index in [2.05, 4.69) is 5.32 Å². The third-order valence-corrected chi connectivity index (χ3v) is 4.42. The zero-order valence-electron chi connectivity index (χ0n) is 16.2. The van der Waals surface area contributed by atoms with Crippen LogP contribution in [0.1, 0.15) is 23.6 Å². The van der Waals surface area contributed by atoms with E-state index in [1.165, 1.54) is 0 Å². The number of amides is 1. The average Bonchev–Trinajstić information content (AvgIpc) is 3.04. The van der Waals surface area contributed by atoms with Gasteiger partial charge in [-0.25, -0.2) is 0 Å². The minimum Gasteiger partial charge on any atom is -0.494 e. The first-order valence-electron chi connectivity index (χ1n) is 9.12. The number of fused-ring (bicyclic) bond motifs is 1. The van der Waals surface area contributed by atoms with Gasteiger partial charge in [0.05, 0.1) is 19.3 Å². The molecule has 0 fully saturated rings. The largest absolute Gasteiger partial charge is 0.494 e. The molecular weight excluding hydrogens is 358 g/mol. The van der Waals surface area contributed by atoms with Crippen LogP contribution in [0.5, 0.6) is 5.75 Å². The number of carbonyl (C=O) groups is 2. The van der Waals surface area contributed by atoms with E-state index in [1.807, 2.05) is 32.9 Å². The van der Waals surface area contributed by atoms with Gasteiger partial charge in [-0.05, 0) is 68.3 Å². The number of hydrogen-bond acceptors (Lipinski definition) is 5. The Kier molecular flexibility index (Phi) is 5.99. The van der Waals surface area contributed by atoms with E-state index in [0.717, 1.165) is 33.4 Å². The van der Waals surface area contributed by atoms with Gasteiger partial charge in [0.2, 0.25) is 0 Å². The highest BCUT2D eigenvalue weighted by atomic mass is 16.5. The molecule has 6 nitrogen and oxygen atoms in total. The maximum Gasteiger partial charge on any atom is 0.310 e. The SMILES string of the molecule is CCOc1ccc(NC(=O)COC(=O)Cc2coc3cc(C)c(C)cc23)cc1. The second-order valence-corrected chi connectivity index (χ2v) is 6.54. The Labute approximate surface area is 163 Å². The van der Waals surface area contributed by atoms with Crippen LogP contribution in [0.15, 0.2) is 47.1 Å². The third kappa shape index (κ3) is 4.71. The van der Waals surface area contributed by atoms with Crippen molar-refractivity contribution in [3.05, 3.63) is 59.4 Å². The molecule has 0 radical (unpaired) electrons. The van der Waals surface area contributed by atoms with Gasteiger partial charge in [-0.1, -0.05) is 0 Å². The molecule has 1 N–H and O–H groups in total. The number of nitrogens with one attached hydrogen (secondary N) is 1. The van der Waals surface area contributed by atoms with Gasteiger partial charge in [-0.15, -0.1) is 0 Å². The Morgan fingerprint density at radius 1 is 1.07 bits per heavy atom. The minimum atomic E-state index is -0.484. The predicted molar refractivity (Wildman–Crippen MR) is 107 cm³/mol. The molecule has 0 saturated carbocycles. The first-order valence-corrected chi connectivity index (χ1v) is 9.12. The van der Waals surface area contributed by atoms with Gasteiger partial charge >= 0.3 is 5.97 Å². The Morgan fingerprint density at radius 2 is 1.79 bits per heavy atom. The van der Waals surface area contributed by atoms with Crippen molar-refractivity contribution in [1.82, 2.24) is 0 Å². The van der Waals surface area contributed by atoms with Crippen molar-refractivity contribution in [2.24, 2.45) is 0 Å². The van der Waals surface area contributed by atoms with E-state index in [0.29, 0.717) is 12.3 Å². The molecule has 0 spiro atoms. The Hall–Kier alpha value is -3.28. The molecule has 0 aliphatic heterocycles. The van der Waals surface area contributed by atoms with E-state index in [9.17, 15) is 9.59 Å². The second-order valence-electron chi connectivity index (χ2n) is 6.54. The number of anilines is 1. The van der Waals surface area contributed by atoms with E-state index < -0.39 is 11.9 Å². The van der Waals surface area contributed by atoms with Crippen LogP contribution in [0.25, 0.3) is 11.0 Å². The van der Waals surface area contributed by atoms with Crippen LogP contribution in [0.2, 0.25) is 0 Å².